The number of methoxy groups -OCH3 is 1. The number of hydrogen-bond acceptors (Lipinski definition) is 8. The fourth-order valence-electron chi connectivity index (χ4n) is 8.06. The first kappa shape index (κ1) is 64.2. The summed E-state index contributed by atoms with van der Waals surface area (Å²) in [4.78, 5) is 14.0. The Morgan fingerprint density at radius 2 is 1.14 bits per heavy atom. The second-order valence-corrected chi connectivity index (χ2v) is 46.7. The maximum atomic E-state index is 14.0. The van der Waals surface area contributed by atoms with Gasteiger partial charge < -0.3 is 31.9 Å². The van der Waals surface area contributed by atoms with Crippen LogP contribution in [-0.2, 0) is 36.7 Å². The molecule has 402 valence electrons. The molecule has 0 aromatic heterocycles. The van der Waals surface area contributed by atoms with Crippen molar-refractivity contribution in [3.05, 3.63) is 47.6 Å². The van der Waals surface area contributed by atoms with E-state index in [1.165, 1.54) is 0 Å². The molecule has 1 fully saturated rings. The lowest BCUT2D eigenvalue weighted by Crippen LogP contribution is -2.53. The first-order chi connectivity index (χ1) is 31.0. The zero-order valence-electron chi connectivity index (χ0n) is 50.0. The van der Waals surface area contributed by atoms with Gasteiger partial charge in [0.25, 0.3) is 0 Å². The van der Waals surface area contributed by atoms with E-state index in [0.717, 1.165) is 18.4 Å². The largest absolute Gasteiger partial charge is 0.458 e. The van der Waals surface area contributed by atoms with Gasteiger partial charge in [-0.25, -0.2) is 4.79 Å². The van der Waals surface area contributed by atoms with Gasteiger partial charge in [0, 0.05) is 36.9 Å². The molecule has 0 radical (unpaired) electrons. The summed E-state index contributed by atoms with van der Waals surface area (Å²) in [6, 6.07) is 0. The molecule has 12 heteroatoms. The number of carbonyl (C=O) groups excluding carboxylic acids is 1. The molecule has 2 rings (SSSR count). The molecule has 0 N–H and O–H groups in total. The summed E-state index contributed by atoms with van der Waals surface area (Å²) in [5.41, 5.74) is 1.61. The van der Waals surface area contributed by atoms with Gasteiger partial charge in [-0.05, 0) is 125 Å². The molecule has 0 amide bonds. The van der Waals surface area contributed by atoms with Crippen molar-refractivity contribution >= 4 is 39.2 Å². The van der Waals surface area contributed by atoms with Crippen LogP contribution in [0.25, 0.3) is 0 Å². The van der Waals surface area contributed by atoms with Crippen molar-refractivity contribution < 1.29 is 36.7 Å². The maximum absolute atomic E-state index is 14.0. The van der Waals surface area contributed by atoms with E-state index in [-0.39, 0.29) is 98.6 Å². The summed E-state index contributed by atoms with van der Waals surface area (Å²) in [5.74, 6) is 0.128. The molecule has 8 nitrogen and oxygen atoms in total. The molecular weight excluding hydrogens is 925 g/mol. The van der Waals surface area contributed by atoms with Crippen molar-refractivity contribution in [3.8, 4) is 0 Å². The van der Waals surface area contributed by atoms with Crippen LogP contribution < -0.4 is 0 Å². The zero-order chi connectivity index (χ0) is 53.7. The van der Waals surface area contributed by atoms with Crippen LogP contribution in [0, 0.1) is 23.7 Å². The summed E-state index contributed by atoms with van der Waals surface area (Å²) >= 11 is 0. The number of ether oxygens (including phenoxy) is 3. The zero-order valence-corrected chi connectivity index (χ0v) is 54.0. The third-order valence-electron chi connectivity index (χ3n) is 17.6. The normalized spacial score (nSPS) is 28.3. The van der Waals surface area contributed by atoms with Crippen LogP contribution in [0.5, 0.6) is 0 Å². The van der Waals surface area contributed by atoms with Gasteiger partial charge in [0.05, 0.1) is 30.5 Å². The van der Waals surface area contributed by atoms with Gasteiger partial charge >= 0.3 is 5.97 Å². The van der Waals surface area contributed by atoms with Crippen LogP contribution in [0.3, 0.4) is 0 Å². The molecular formula is C57H110O8Si4. The highest BCUT2D eigenvalue weighted by molar-refractivity contribution is 6.75. The van der Waals surface area contributed by atoms with Gasteiger partial charge in [-0.1, -0.05) is 147 Å². The number of cyclic esters (lactones) is 1. The summed E-state index contributed by atoms with van der Waals surface area (Å²) in [6.45, 7) is 61.5. The lowest BCUT2D eigenvalue weighted by atomic mass is 9.85. The maximum Gasteiger partial charge on any atom is 0.334 e. The lowest BCUT2D eigenvalue weighted by molar-refractivity contribution is -0.146. The van der Waals surface area contributed by atoms with Gasteiger partial charge in [-0.2, -0.15) is 0 Å². The summed E-state index contributed by atoms with van der Waals surface area (Å²) in [5, 5.41) is 0.206. The Bertz CT molecular complexity index is 1750. The smallest absolute Gasteiger partial charge is 0.334 e. The first-order valence-corrected chi connectivity index (χ1v) is 38.4. The van der Waals surface area contributed by atoms with Crippen molar-refractivity contribution in [1.29, 1.82) is 0 Å². The fraction of sp³-hybridized carbons (Fsp3) is 0.842. The second-order valence-electron chi connectivity index (χ2n) is 27.6. The molecule has 2 aliphatic heterocycles. The van der Waals surface area contributed by atoms with Crippen LogP contribution in [0.2, 0.25) is 72.5 Å². The molecule has 0 aromatic carbocycles. The van der Waals surface area contributed by atoms with Crippen molar-refractivity contribution in [1.82, 2.24) is 0 Å². The van der Waals surface area contributed by atoms with Gasteiger partial charge in [0.1, 0.15) is 18.3 Å². The minimum absolute atomic E-state index is 0.0354. The highest BCUT2D eigenvalue weighted by Gasteiger charge is 2.56. The number of rotatable bonds is 18. The van der Waals surface area contributed by atoms with E-state index in [9.17, 15) is 4.79 Å². The fourth-order valence-corrected chi connectivity index (χ4v) is 13.7. The van der Waals surface area contributed by atoms with Crippen LogP contribution in [0.4, 0.5) is 0 Å². The molecule has 2 aliphatic rings. The van der Waals surface area contributed by atoms with E-state index in [4.69, 9.17) is 31.9 Å². The van der Waals surface area contributed by atoms with E-state index in [2.05, 4.69) is 207 Å². The SMILES string of the molecule is CO[C@@H](C)[C@@H](C)[C@H](O[Si](C)(C)C(C)(C)C)[C@H](C)[C@H](C/C=C/C[C@H](C)[C@@H]1C/C=C/CC(O[Si](C)(C)C(C)(C)C)[C@@H]2O[C@H]2[C@@H](O[Si](C)(C)C(C)(C)C)[C@H](C)/C=C(C)/C=C(/C)C(=O)O1)O[Si](C)(C)C(C)(C)C. The summed E-state index contributed by atoms with van der Waals surface area (Å²) in [6.07, 6.45) is 15.4. The molecule has 2 heterocycles. The van der Waals surface area contributed by atoms with E-state index < -0.39 is 33.3 Å². The summed E-state index contributed by atoms with van der Waals surface area (Å²) in [7, 11) is -6.83. The number of hydrogen-bond donors (Lipinski definition) is 0. The highest BCUT2D eigenvalue weighted by atomic mass is 28.4. The average Bonchev–Trinajstić information content (AvgIpc) is 3.98. The van der Waals surface area contributed by atoms with Crippen LogP contribution in [-0.4, -0.2) is 95.2 Å². The highest BCUT2D eigenvalue weighted by Crippen LogP contribution is 2.47. The van der Waals surface area contributed by atoms with Crippen molar-refractivity contribution in [3.63, 3.8) is 0 Å². The average molecular weight is 1040 g/mol. The van der Waals surface area contributed by atoms with Gasteiger partial charge in [0.15, 0.2) is 33.3 Å². The molecule has 0 aliphatic carbocycles. The monoisotopic (exact) mass is 1030 g/mol. The standard InChI is InChI=1S/C57H110O8Si4/c1-39-37-41(3)49(64-68(25,26)56(14,15)16)52-51(61-52)48(63-67(23,24)55(11,12)13)36-32-31-34-46(60-53(58)42(4)38-39)40(2)33-29-30-35-47(62-66(21,22)54(8,9)10)44(6)50(43(5)45(7)59-20)65-69(27,28)57(17,18)19/h29-32,37-38,40-41,43-52H,33-36H2,1-28H3/b30-29+,32-31+,39-37+,42-38-/t40-,41+,43+,44+,45-,46-,47-,48?,49-,50-,51-,52-/m0/s1. The van der Waals surface area contributed by atoms with E-state index in [1.54, 1.807) is 7.11 Å². The Morgan fingerprint density at radius 1 is 0.667 bits per heavy atom. The first-order valence-electron chi connectivity index (χ1n) is 26.8. The molecule has 69 heavy (non-hydrogen) atoms. The molecule has 1 unspecified atom stereocenters. The van der Waals surface area contributed by atoms with Crippen LogP contribution in [0.15, 0.2) is 47.6 Å². The molecule has 0 spiro atoms. The predicted molar refractivity (Wildman–Crippen MR) is 304 cm³/mol. The summed E-state index contributed by atoms with van der Waals surface area (Å²) < 4.78 is 48.3. The topological polar surface area (TPSA) is 85.0 Å². The quantitative estimate of drug-likeness (QED) is 0.0581. The van der Waals surface area contributed by atoms with E-state index >= 15 is 0 Å². The molecule has 0 aromatic rings. The molecule has 0 saturated carbocycles. The van der Waals surface area contributed by atoms with Gasteiger partial charge in [-0.3, -0.25) is 0 Å². The number of epoxide rings is 1. The Kier molecular flexibility index (Phi) is 22.9. The third-order valence-corrected chi connectivity index (χ3v) is 35.6. The van der Waals surface area contributed by atoms with Crippen molar-refractivity contribution in [2.24, 2.45) is 23.7 Å². The third kappa shape index (κ3) is 18.1. The molecule has 1 saturated heterocycles. The van der Waals surface area contributed by atoms with Crippen molar-refractivity contribution in [2.75, 3.05) is 7.11 Å². The lowest BCUT2D eigenvalue weighted by Gasteiger charge is -2.47. The van der Waals surface area contributed by atoms with Gasteiger partial charge in [-0.15, -0.1) is 0 Å². The minimum Gasteiger partial charge on any atom is -0.458 e. The van der Waals surface area contributed by atoms with Crippen molar-refractivity contribution in [2.45, 2.75) is 279 Å². The molecule has 0 bridgehead atoms. The Hall–Kier alpha value is -0.942. The van der Waals surface area contributed by atoms with Crippen LogP contribution >= 0.6 is 0 Å². The number of allylic oxidation sites excluding steroid dienone is 3. The second kappa shape index (κ2) is 24.6. The van der Waals surface area contributed by atoms with E-state index in [0.29, 0.717) is 18.4 Å². The Labute approximate surface area is 430 Å². The minimum atomic E-state index is -2.17. The van der Waals surface area contributed by atoms with Gasteiger partial charge in [0.2, 0.25) is 0 Å². The number of carbonyl (C=O) groups is 1. The van der Waals surface area contributed by atoms with Crippen LogP contribution in [0.1, 0.15) is 157 Å². The predicted octanol–water partition coefficient (Wildman–Crippen LogP) is 16.4. The molecule has 12 atom stereocenters. The van der Waals surface area contributed by atoms with E-state index in [1.807, 2.05) is 13.0 Å². The number of fused-ring (bicyclic) bond motifs is 1. The Balaban J connectivity index is 2.58. The number of esters is 1. The Morgan fingerprint density at radius 3 is 1.65 bits per heavy atom.